The quantitative estimate of drug-likeness (QED) is 0.837. The number of alkyl halides is 2. The molecule has 1 saturated heterocycles. The van der Waals surface area contributed by atoms with Crippen LogP contribution in [0.3, 0.4) is 0 Å². The molecule has 0 aliphatic carbocycles. The maximum absolute atomic E-state index is 12.4. The molecule has 27 heavy (non-hydrogen) atoms. The summed E-state index contributed by atoms with van der Waals surface area (Å²) < 4.78 is 26.7. The van der Waals surface area contributed by atoms with Gasteiger partial charge in [0.1, 0.15) is 0 Å². The average Bonchev–Trinajstić information content (AvgIpc) is 2.96. The number of rotatable bonds is 6. The predicted molar refractivity (Wildman–Crippen MR) is 99.1 cm³/mol. The van der Waals surface area contributed by atoms with Crippen LogP contribution in [0.4, 0.5) is 8.78 Å². The lowest BCUT2D eigenvalue weighted by Crippen LogP contribution is -2.45. The summed E-state index contributed by atoms with van der Waals surface area (Å²) in [5, 5.41) is 7.51. The number of amides is 1. The van der Waals surface area contributed by atoms with Crippen molar-refractivity contribution in [2.45, 2.75) is 58.9 Å². The van der Waals surface area contributed by atoms with Crippen LogP contribution in [-0.4, -0.2) is 57.5 Å². The minimum atomic E-state index is -2.30. The lowest BCUT2D eigenvalue weighted by atomic mass is 10.0. The van der Waals surface area contributed by atoms with Gasteiger partial charge in [0.05, 0.1) is 12.2 Å². The molecule has 148 valence electrons. The largest absolute Gasteiger partial charge is 0.353 e. The number of likely N-dealkylation sites (tertiary alicyclic amines) is 1. The van der Waals surface area contributed by atoms with E-state index in [4.69, 9.17) is 0 Å². The molecule has 1 amide bonds. The van der Waals surface area contributed by atoms with E-state index in [-0.39, 0.29) is 18.5 Å². The number of hydrogen-bond acceptors (Lipinski definition) is 4. The second-order valence-corrected chi connectivity index (χ2v) is 7.35. The van der Waals surface area contributed by atoms with Crippen molar-refractivity contribution in [1.82, 2.24) is 24.8 Å². The maximum Gasteiger partial charge on any atom is 0.251 e. The monoisotopic (exact) mass is 379 g/mol. The molecule has 6 nitrogen and oxygen atoms in total. The van der Waals surface area contributed by atoms with Crippen LogP contribution in [0.25, 0.3) is 5.65 Å². The predicted octanol–water partition coefficient (Wildman–Crippen LogP) is 2.43. The minimum absolute atomic E-state index is 0.00199. The number of aromatic nitrogens is 3. The number of halogens is 2. The van der Waals surface area contributed by atoms with Gasteiger partial charge in [-0.3, -0.25) is 9.69 Å². The number of nitrogens with zero attached hydrogens (tertiary/aromatic N) is 4. The van der Waals surface area contributed by atoms with Crippen LogP contribution >= 0.6 is 0 Å². The highest BCUT2D eigenvalue weighted by Crippen LogP contribution is 2.17. The van der Waals surface area contributed by atoms with E-state index in [1.807, 2.05) is 31.4 Å². The molecule has 1 aliphatic rings. The summed E-state index contributed by atoms with van der Waals surface area (Å²) >= 11 is 0. The Bertz CT molecular complexity index is 812. The van der Waals surface area contributed by atoms with Crippen LogP contribution in [0.2, 0.25) is 0 Å². The van der Waals surface area contributed by atoms with E-state index in [2.05, 4.69) is 15.4 Å². The first-order valence-electron chi connectivity index (χ1n) is 9.46. The molecule has 0 bridgehead atoms. The second-order valence-electron chi connectivity index (χ2n) is 7.35. The van der Waals surface area contributed by atoms with Crippen molar-refractivity contribution >= 4 is 11.6 Å². The van der Waals surface area contributed by atoms with Gasteiger partial charge in [-0.05, 0) is 45.6 Å². The first-order chi connectivity index (χ1) is 12.8. The Morgan fingerprint density at radius 3 is 2.67 bits per heavy atom. The van der Waals surface area contributed by atoms with Crippen LogP contribution in [0.15, 0.2) is 6.07 Å². The van der Waals surface area contributed by atoms with Crippen molar-refractivity contribution in [3.05, 3.63) is 28.7 Å². The molecule has 0 atom stereocenters. The maximum atomic E-state index is 12.4. The summed E-state index contributed by atoms with van der Waals surface area (Å²) in [5.41, 5.74) is 4.73. The van der Waals surface area contributed by atoms with E-state index < -0.39 is 6.43 Å². The third-order valence-corrected chi connectivity index (χ3v) is 5.24. The van der Waals surface area contributed by atoms with Gasteiger partial charge < -0.3 is 5.32 Å². The lowest BCUT2D eigenvalue weighted by Gasteiger charge is -2.32. The average molecular weight is 379 g/mol. The Morgan fingerprint density at radius 2 is 2.00 bits per heavy atom. The lowest BCUT2D eigenvalue weighted by molar-refractivity contribution is -0.122. The molecule has 8 heteroatoms. The van der Waals surface area contributed by atoms with Crippen LogP contribution in [0, 0.1) is 20.8 Å². The van der Waals surface area contributed by atoms with Gasteiger partial charge in [0, 0.05) is 43.0 Å². The molecule has 1 fully saturated rings. The molecule has 1 aliphatic heterocycles. The number of carbonyl (C=O) groups excluding carboxylic acids is 1. The van der Waals surface area contributed by atoms with Crippen LogP contribution in [-0.2, 0) is 11.2 Å². The summed E-state index contributed by atoms with van der Waals surface area (Å²) in [6.45, 7) is 6.92. The highest BCUT2D eigenvalue weighted by molar-refractivity contribution is 5.76. The Kier molecular flexibility index (Phi) is 6.04. The molecule has 0 saturated carbocycles. The fourth-order valence-electron chi connectivity index (χ4n) is 3.80. The van der Waals surface area contributed by atoms with Gasteiger partial charge in [-0.2, -0.15) is 5.10 Å². The van der Waals surface area contributed by atoms with Crippen molar-refractivity contribution in [2.24, 2.45) is 0 Å². The summed E-state index contributed by atoms with van der Waals surface area (Å²) in [6, 6.07) is 2.01. The van der Waals surface area contributed by atoms with Crippen LogP contribution in [0.1, 0.15) is 41.9 Å². The Hall–Kier alpha value is -2.09. The topological polar surface area (TPSA) is 62.5 Å². The van der Waals surface area contributed by atoms with E-state index >= 15 is 0 Å². The molecule has 0 spiro atoms. The van der Waals surface area contributed by atoms with Crippen molar-refractivity contribution in [3.63, 3.8) is 0 Å². The number of aryl methyl sites for hydroxylation is 3. The standard InChI is InChI=1S/C19H27F2N5O/c1-12-10-18-22-13(2)16(14(3)26(18)24-12)4-5-19(27)23-15-6-8-25(9-7-15)11-17(20)21/h10,15,17H,4-9,11H2,1-3H3,(H,23,27). The van der Waals surface area contributed by atoms with Crippen LogP contribution < -0.4 is 5.32 Å². The molecule has 0 aromatic carbocycles. The van der Waals surface area contributed by atoms with Gasteiger partial charge in [-0.1, -0.05) is 0 Å². The van der Waals surface area contributed by atoms with Crippen molar-refractivity contribution < 1.29 is 13.6 Å². The normalized spacial score (nSPS) is 16.4. The first kappa shape index (κ1) is 19.7. The smallest absolute Gasteiger partial charge is 0.251 e. The third kappa shape index (κ3) is 4.80. The van der Waals surface area contributed by atoms with Gasteiger partial charge in [0.25, 0.3) is 6.43 Å². The Labute approximate surface area is 157 Å². The molecule has 2 aromatic heterocycles. The third-order valence-electron chi connectivity index (χ3n) is 5.24. The van der Waals surface area contributed by atoms with Gasteiger partial charge in [-0.25, -0.2) is 18.3 Å². The highest BCUT2D eigenvalue weighted by Gasteiger charge is 2.22. The number of carbonyl (C=O) groups is 1. The zero-order chi connectivity index (χ0) is 19.6. The van der Waals surface area contributed by atoms with Gasteiger partial charge >= 0.3 is 0 Å². The van der Waals surface area contributed by atoms with Gasteiger partial charge in [0.2, 0.25) is 5.91 Å². The summed E-state index contributed by atoms with van der Waals surface area (Å²) in [7, 11) is 0. The van der Waals surface area contributed by atoms with E-state index in [1.165, 1.54) is 0 Å². The zero-order valence-electron chi connectivity index (χ0n) is 16.1. The van der Waals surface area contributed by atoms with E-state index in [1.54, 1.807) is 4.90 Å². The van der Waals surface area contributed by atoms with Crippen molar-refractivity contribution in [2.75, 3.05) is 19.6 Å². The molecule has 1 N–H and O–H groups in total. The highest BCUT2D eigenvalue weighted by atomic mass is 19.3. The fraction of sp³-hybridized carbons (Fsp3) is 0.632. The van der Waals surface area contributed by atoms with Gasteiger partial charge in [0.15, 0.2) is 5.65 Å². The number of nitrogens with one attached hydrogen (secondary N) is 1. The molecule has 0 radical (unpaired) electrons. The Morgan fingerprint density at radius 1 is 1.30 bits per heavy atom. The Balaban J connectivity index is 1.53. The first-order valence-corrected chi connectivity index (χ1v) is 9.46. The summed E-state index contributed by atoms with van der Waals surface area (Å²) in [4.78, 5) is 18.7. The molecule has 3 rings (SSSR count). The van der Waals surface area contributed by atoms with E-state index in [0.717, 1.165) is 41.1 Å². The van der Waals surface area contributed by atoms with Crippen molar-refractivity contribution in [3.8, 4) is 0 Å². The molecular formula is C19H27F2N5O. The molecular weight excluding hydrogens is 352 g/mol. The fourth-order valence-corrected chi connectivity index (χ4v) is 3.80. The number of fused-ring (bicyclic) bond motifs is 1. The van der Waals surface area contributed by atoms with E-state index in [9.17, 15) is 13.6 Å². The number of hydrogen-bond donors (Lipinski definition) is 1. The molecule has 0 unspecified atom stereocenters. The van der Waals surface area contributed by atoms with E-state index in [0.29, 0.717) is 25.9 Å². The minimum Gasteiger partial charge on any atom is -0.353 e. The van der Waals surface area contributed by atoms with Gasteiger partial charge in [-0.15, -0.1) is 0 Å². The number of piperidine rings is 1. The zero-order valence-corrected chi connectivity index (χ0v) is 16.1. The van der Waals surface area contributed by atoms with Crippen molar-refractivity contribution in [1.29, 1.82) is 0 Å². The molecule has 3 heterocycles. The SMILES string of the molecule is Cc1cc2nc(C)c(CCC(=O)NC3CCN(CC(F)F)CC3)c(C)n2n1. The van der Waals surface area contributed by atoms with Crippen LogP contribution in [0.5, 0.6) is 0 Å². The summed E-state index contributed by atoms with van der Waals surface area (Å²) in [6.07, 6.45) is 0.127. The second kappa shape index (κ2) is 8.29. The molecule has 2 aromatic rings. The summed E-state index contributed by atoms with van der Waals surface area (Å²) in [5.74, 6) is -0.00199.